The number of amides is 1. The minimum absolute atomic E-state index is 0.00700. The Bertz CT molecular complexity index is 1810. The molecular weight excluding hydrogens is 646 g/mol. The largest absolute Gasteiger partial charge is 0.507 e. The predicted molar refractivity (Wildman–Crippen MR) is 179 cm³/mol. The molecular formula is C34H32ClN3O6S2. The fraction of sp³-hybridized carbons (Fsp3) is 0.294. The lowest BCUT2D eigenvalue weighted by Crippen LogP contribution is -2.29. The number of aliphatic hydroxyl groups is 1. The van der Waals surface area contributed by atoms with Crippen LogP contribution in [-0.2, 0) is 21.8 Å². The second-order valence-electron chi connectivity index (χ2n) is 10.9. The Morgan fingerprint density at radius 2 is 1.87 bits per heavy atom. The predicted octanol–water partition coefficient (Wildman–Crippen LogP) is 7.62. The lowest BCUT2D eigenvalue weighted by molar-refractivity contribution is -0.132. The number of rotatable bonds is 11. The Balaban J connectivity index is 1.42. The van der Waals surface area contributed by atoms with Crippen LogP contribution < -0.4 is 19.1 Å². The number of hydrogen-bond donors (Lipinski definition) is 1. The first-order valence-electron chi connectivity index (χ1n) is 15.0. The van der Waals surface area contributed by atoms with E-state index in [0.717, 1.165) is 23.3 Å². The number of thioether (sulfide) groups is 1. The zero-order chi connectivity index (χ0) is 32.4. The second kappa shape index (κ2) is 13.7. The third kappa shape index (κ3) is 6.44. The van der Waals surface area contributed by atoms with E-state index in [1.165, 1.54) is 28.0 Å². The molecule has 1 aromatic heterocycles. The Morgan fingerprint density at radius 3 is 2.63 bits per heavy atom. The van der Waals surface area contributed by atoms with E-state index < -0.39 is 17.7 Å². The molecule has 1 saturated heterocycles. The SMILES string of the molecule is CCCOc1ccc([C@@H]2C(=C(O)c3ccc4c(c3)C[C@H](C)O4)C(=O)C(=O)N2c2nnc(SCc3ccc(Cl)cc3)s2)cc1OCC. The number of anilines is 1. The van der Waals surface area contributed by atoms with E-state index in [0.29, 0.717) is 57.4 Å². The van der Waals surface area contributed by atoms with Gasteiger partial charge in [-0.1, -0.05) is 59.8 Å². The summed E-state index contributed by atoms with van der Waals surface area (Å²) in [5, 5.41) is 21.3. The molecule has 0 radical (unpaired) electrons. The Labute approximate surface area is 280 Å². The molecule has 46 heavy (non-hydrogen) atoms. The summed E-state index contributed by atoms with van der Waals surface area (Å²) in [6.45, 7) is 6.73. The van der Waals surface area contributed by atoms with E-state index in [9.17, 15) is 14.7 Å². The van der Waals surface area contributed by atoms with Gasteiger partial charge in [0.15, 0.2) is 15.8 Å². The normalized spacial score (nSPS) is 18.5. The van der Waals surface area contributed by atoms with Gasteiger partial charge in [-0.25, -0.2) is 0 Å². The number of aromatic nitrogens is 2. The highest BCUT2D eigenvalue weighted by molar-refractivity contribution is 8.00. The minimum atomic E-state index is -0.995. The summed E-state index contributed by atoms with van der Waals surface area (Å²) in [6, 6.07) is 17.1. The van der Waals surface area contributed by atoms with Crippen LogP contribution in [0.2, 0.25) is 5.02 Å². The van der Waals surface area contributed by atoms with Crippen LogP contribution in [0.3, 0.4) is 0 Å². The monoisotopic (exact) mass is 677 g/mol. The van der Waals surface area contributed by atoms with Gasteiger partial charge in [0.1, 0.15) is 17.6 Å². The first kappa shape index (κ1) is 31.9. The third-order valence-electron chi connectivity index (χ3n) is 7.54. The van der Waals surface area contributed by atoms with Crippen molar-refractivity contribution in [2.24, 2.45) is 0 Å². The van der Waals surface area contributed by atoms with Crippen molar-refractivity contribution in [2.75, 3.05) is 18.1 Å². The molecule has 9 nitrogen and oxygen atoms in total. The average Bonchev–Trinajstić information content (AvgIpc) is 3.74. The van der Waals surface area contributed by atoms with E-state index in [-0.39, 0.29) is 22.6 Å². The molecule has 2 aliphatic rings. The number of ether oxygens (including phenoxy) is 3. The van der Waals surface area contributed by atoms with Crippen LogP contribution in [0.5, 0.6) is 17.2 Å². The number of carbonyl (C=O) groups is 2. The quantitative estimate of drug-likeness (QED) is 0.0563. The highest BCUT2D eigenvalue weighted by atomic mass is 35.5. The standard InChI is InChI=1S/C34H32ClN3O6S2/c1-4-14-43-26-13-8-21(17-27(26)42-5-2)29-28(30(39)22-9-12-25-23(16-22)15-19(3)44-25)31(40)32(41)38(29)33-36-37-34(46-33)45-18-20-6-10-24(35)11-7-20/h6-13,16-17,19,29,39H,4-5,14-15,18H2,1-3H3/t19-,29+/m0/s1. The molecule has 1 fully saturated rings. The van der Waals surface area contributed by atoms with Crippen LogP contribution in [0.15, 0.2) is 70.6 Å². The van der Waals surface area contributed by atoms with Gasteiger partial charge in [-0.15, -0.1) is 10.2 Å². The number of aliphatic hydroxyl groups excluding tert-OH is 1. The van der Waals surface area contributed by atoms with Gasteiger partial charge in [0, 0.05) is 22.8 Å². The molecule has 0 unspecified atom stereocenters. The topological polar surface area (TPSA) is 111 Å². The minimum Gasteiger partial charge on any atom is -0.507 e. The van der Waals surface area contributed by atoms with E-state index in [1.807, 2.05) is 51.1 Å². The maximum atomic E-state index is 13.8. The van der Waals surface area contributed by atoms with Crippen molar-refractivity contribution in [2.45, 2.75) is 55.9 Å². The van der Waals surface area contributed by atoms with E-state index >= 15 is 0 Å². The van der Waals surface area contributed by atoms with Crippen molar-refractivity contribution >= 4 is 57.3 Å². The lowest BCUT2D eigenvalue weighted by Gasteiger charge is -2.23. The van der Waals surface area contributed by atoms with Gasteiger partial charge >= 0.3 is 5.91 Å². The maximum absolute atomic E-state index is 13.8. The van der Waals surface area contributed by atoms with Crippen molar-refractivity contribution < 1.29 is 28.9 Å². The molecule has 3 aromatic carbocycles. The van der Waals surface area contributed by atoms with Crippen LogP contribution >= 0.6 is 34.7 Å². The molecule has 0 bridgehead atoms. The van der Waals surface area contributed by atoms with Crippen molar-refractivity contribution in [3.05, 3.63) is 93.5 Å². The molecule has 2 aliphatic heterocycles. The van der Waals surface area contributed by atoms with Gasteiger partial charge in [-0.05, 0) is 79.4 Å². The van der Waals surface area contributed by atoms with Crippen molar-refractivity contribution in [3.63, 3.8) is 0 Å². The Hall–Kier alpha value is -4.06. The zero-order valence-corrected chi connectivity index (χ0v) is 27.9. The summed E-state index contributed by atoms with van der Waals surface area (Å²) in [4.78, 5) is 28.9. The number of ketones is 1. The number of benzene rings is 3. The van der Waals surface area contributed by atoms with Crippen molar-refractivity contribution in [1.29, 1.82) is 0 Å². The zero-order valence-electron chi connectivity index (χ0n) is 25.5. The summed E-state index contributed by atoms with van der Waals surface area (Å²) in [6.07, 6.45) is 1.49. The lowest BCUT2D eigenvalue weighted by atomic mass is 9.94. The van der Waals surface area contributed by atoms with Gasteiger partial charge in [0.05, 0.1) is 24.8 Å². The highest BCUT2D eigenvalue weighted by Gasteiger charge is 2.48. The number of halogens is 1. The summed E-state index contributed by atoms with van der Waals surface area (Å²) in [5.41, 5.74) is 2.90. The van der Waals surface area contributed by atoms with Gasteiger partial charge in [-0.2, -0.15) is 0 Å². The second-order valence-corrected chi connectivity index (χ2v) is 13.5. The fourth-order valence-corrected chi connectivity index (χ4v) is 7.40. The van der Waals surface area contributed by atoms with Gasteiger partial charge in [0.2, 0.25) is 5.13 Å². The van der Waals surface area contributed by atoms with Gasteiger partial charge < -0.3 is 19.3 Å². The van der Waals surface area contributed by atoms with Crippen LogP contribution in [0.25, 0.3) is 5.76 Å². The van der Waals surface area contributed by atoms with E-state index in [2.05, 4.69) is 10.2 Å². The number of hydrogen-bond acceptors (Lipinski definition) is 10. The molecule has 2 atom stereocenters. The van der Waals surface area contributed by atoms with Gasteiger partial charge in [-0.3, -0.25) is 14.5 Å². The molecule has 12 heteroatoms. The number of carbonyl (C=O) groups excluding carboxylic acids is 2. The molecule has 4 aromatic rings. The Kier molecular flexibility index (Phi) is 9.53. The third-order valence-corrected chi connectivity index (χ3v) is 9.92. The van der Waals surface area contributed by atoms with Gasteiger partial charge in [0.25, 0.3) is 5.78 Å². The van der Waals surface area contributed by atoms with E-state index in [1.54, 1.807) is 30.3 Å². The van der Waals surface area contributed by atoms with E-state index in [4.69, 9.17) is 25.8 Å². The van der Waals surface area contributed by atoms with Crippen LogP contribution in [0.4, 0.5) is 5.13 Å². The first-order valence-corrected chi connectivity index (χ1v) is 17.2. The number of fused-ring (bicyclic) bond motifs is 1. The van der Waals surface area contributed by atoms with Crippen molar-refractivity contribution in [1.82, 2.24) is 10.2 Å². The smallest absolute Gasteiger partial charge is 0.301 e. The molecule has 0 saturated carbocycles. The molecule has 3 heterocycles. The molecule has 238 valence electrons. The molecule has 6 rings (SSSR count). The maximum Gasteiger partial charge on any atom is 0.301 e. The summed E-state index contributed by atoms with van der Waals surface area (Å²) in [5.74, 6) is 0.475. The molecule has 0 spiro atoms. The number of Topliss-reactive ketones (excluding diaryl/α,β-unsaturated/α-hetero) is 1. The average molecular weight is 678 g/mol. The Morgan fingerprint density at radius 1 is 1.07 bits per heavy atom. The number of nitrogens with zero attached hydrogens (tertiary/aromatic N) is 3. The summed E-state index contributed by atoms with van der Waals surface area (Å²) < 4.78 is 18.3. The summed E-state index contributed by atoms with van der Waals surface area (Å²) >= 11 is 8.69. The molecule has 1 amide bonds. The van der Waals surface area contributed by atoms with Crippen LogP contribution in [0, 0.1) is 0 Å². The van der Waals surface area contributed by atoms with Crippen LogP contribution in [-0.4, -0.2) is 46.3 Å². The summed E-state index contributed by atoms with van der Waals surface area (Å²) in [7, 11) is 0. The highest BCUT2D eigenvalue weighted by Crippen LogP contribution is 2.46. The first-order chi connectivity index (χ1) is 22.3. The van der Waals surface area contributed by atoms with Crippen LogP contribution in [0.1, 0.15) is 55.5 Å². The van der Waals surface area contributed by atoms with Crippen molar-refractivity contribution in [3.8, 4) is 17.2 Å². The molecule has 1 N–H and O–H groups in total. The molecule has 0 aliphatic carbocycles. The fourth-order valence-electron chi connectivity index (χ4n) is 5.45.